The molecule has 1 atom stereocenters. The van der Waals surface area contributed by atoms with Gasteiger partial charge in [0.15, 0.2) is 11.6 Å². The molecule has 0 unspecified atom stereocenters. The summed E-state index contributed by atoms with van der Waals surface area (Å²) < 4.78 is 10.8. The van der Waals surface area contributed by atoms with Crippen LogP contribution in [0.4, 0.5) is 5.69 Å². The summed E-state index contributed by atoms with van der Waals surface area (Å²) >= 11 is 0. The molecule has 1 amide bonds. The molecule has 3 heterocycles. The number of rotatable bonds is 3. The molecule has 0 bridgehead atoms. The van der Waals surface area contributed by atoms with E-state index in [0.717, 1.165) is 17.6 Å². The minimum atomic E-state index is -0.458. The smallest absolute Gasteiger partial charge is 0.254 e. The quantitative estimate of drug-likeness (QED) is 0.645. The molecule has 25 heavy (non-hydrogen) atoms. The molecule has 1 aliphatic heterocycles. The molecule has 4 rings (SSSR count). The van der Waals surface area contributed by atoms with E-state index in [1.54, 1.807) is 6.26 Å². The highest BCUT2D eigenvalue weighted by atomic mass is 35.5. The van der Waals surface area contributed by atoms with Gasteiger partial charge in [-0.2, -0.15) is 0 Å². The van der Waals surface area contributed by atoms with Crippen LogP contribution in [-0.2, 0) is 9.53 Å². The number of ether oxygens (including phenoxy) is 1. The van der Waals surface area contributed by atoms with Gasteiger partial charge in [0.05, 0.1) is 23.9 Å². The van der Waals surface area contributed by atoms with Gasteiger partial charge in [0.2, 0.25) is 0 Å². The van der Waals surface area contributed by atoms with Gasteiger partial charge in [-0.25, -0.2) is 4.98 Å². The first-order chi connectivity index (χ1) is 11.3. The molecule has 1 aromatic carbocycles. The molecule has 9 heteroatoms. The molecule has 1 aliphatic rings. The van der Waals surface area contributed by atoms with Crippen LogP contribution in [0.1, 0.15) is 0 Å². The van der Waals surface area contributed by atoms with Gasteiger partial charge in [0.25, 0.3) is 5.91 Å². The number of fused-ring (bicyclic) bond motifs is 1. The zero-order chi connectivity index (χ0) is 15.6. The minimum absolute atomic E-state index is 0. The Kier molecular flexibility index (Phi) is 6.44. The maximum Gasteiger partial charge on any atom is 0.254 e. The highest BCUT2D eigenvalue weighted by Crippen LogP contribution is 2.23. The summed E-state index contributed by atoms with van der Waals surface area (Å²) in [6.07, 6.45) is 1.15. The Balaban J connectivity index is 0.00000113. The van der Waals surface area contributed by atoms with Gasteiger partial charge in [-0.1, -0.05) is 0 Å². The second kappa shape index (κ2) is 8.35. The molecule has 2 aromatic heterocycles. The summed E-state index contributed by atoms with van der Waals surface area (Å²) in [6, 6.07) is 9.18. The second-order valence-electron chi connectivity index (χ2n) is 5.35. The van der Waals surface area contributed by atoms with Gasteiger partial charge in [-0.05, 0) is 30.3 Å². The molecular formula is C16H18Cl2N4O3. The average molecular weight is 385 g/mol. The SMILES string of the molecule is Cl.Cl.O=C(Nc1ccc2nc(-c3ccco3)[nH]c2c1)[C@H]1CNCCO1. The van der Waals surface area contributed by atoms with Crippen LogP contribution in [0.2, 0.25) is 0 Å². The number of imidazole rings is 1. The van der Waals surface area contributed by atoms with Crippen LogP contribution in [0.3, 0.4) is 0 Å². The number of nitrogens with one attached hydrogen (secondary N) is 3. The second-order valence-corrected chi connectivity index (χ2v) is 5.35. The first-order valence-corrected chi connectivity index (χ1v) is 7.46. The van der Waals surface area contributed by atoms with E-state index in [0.29, 0.717) is 30.4 Å². The first-order valence-electron chi connectivity index (χ1n) is 7.46. The molecule has 0 radical (unpaired) electrons. The number of morpholine rings is 1. The number of carbonyl (C=O) groups excluding carboxylic acids is 1. The van der Waals surface area contributed by atoms with E-state index < -0.39 is 6.10 Å². The van der Waals surface area contributed by atoms with E-state index in [1.807, 2.05) is 30.3 Å². The number of hydrogen-bond donors (Lipinski definition) is 3. The zero-order valence-corrected chi connectivity index (χ0v) is 14.8. The molecule has 7 nitrogen and oxygen atoms in total. The van der Waals surface area contributed by atoms with Crippen molar-refractivity contribution in [3.8, 4) is 11.6 Å². The van der Waals surface area contributed by atoms with Crippen molar-refractivity contribution in [1.29, 1.82) is 0 Å². The lowest BCUT2D eigenvalue weighted by Crippen LogP contribution is -2.45. The average Bonchev–Trinajstić information content (AvgIpc) is 3.24. The van der Waals surface area contributed by atoms with Crippen LogP contribution in [0.15, 0.2) is 41.0 Å². The monoisotopic (exact) mass is 384 g/mol. The van der Waals surface area contributed by atoms with E-state index in [1.165, 1.54) is 0 Å². The van der Waals surface area contributed by atoms with Gasteiger partial charge in [-0.3, -0.25) is 4.79 Å². The number of anilines is 1. The minimum Gasteiger partial charge on any atom is -0.461 e. The standard InChI is InChI=1S/C16H16N4O3.2ClH/c21-16(14-9-17-5-7-23-14)18-10-3-4-11-12(8-10)20-15(19-11)13-2-1-6-22-13;;/h1-4,6,8,14,17H,5,7,9H2,(H,18,21)(H,19,20);2*1H/t14-;;/m1../s1. The number of benzene rings is 1. The molecule has 3 N–H and O–H groups in total. The first kappa shape index (κ1) is 19.3. The summed E-state index contributed by atoms with van der Waals surface area (Å²) in [4.78, 5) is 19.8. The highest BCUT2D eigenvalue weighted by molar-refractivity contribution is 5.96. The third-order valence-electron chi connectivity index (χ3n) is 3.72. The lowest BCUT2D eigenvalue weighted by Gasteiger charge is -2.22. The van der Waals surface area contributed by atoms with Crippen molar-refractivity contribution >= 4 is 47.4 Å². The topological polar surface area (TPSA) is 92.2 Å². The van der Waals surface area contributed by atoms with Crippen molar-refractivity contribution in [2.75, 3.05) is 25.0 Å². The van der Waals surface area contributed by atoms with Crippen molar-refractivity contribution in [2.45, 2.75) is 6.10 Å². The Morgan fingerprint density at radius 3 is 2.88 bits per heavy atom. The fraction of sp³-hybridized carbons (Fsp3) is 0.250. The van der Waals surface area contributed by atoms with Gasteiger partial charge < -0.3 is 24.8 Å². The normalized spacial score (nSPS) is 16.7. The Hall–Kier alpha value is -2.06. The highest BCUT2D eigenvalue weighted by Gasteiger charge is 2.21. The molecule has 0 aliphatic carbocycles. The number of carbonyl (C=O) groups is 1. The number of nitrogens with zero attached hydrogens (tertiary/aromatic N) is 1. The Morgan fingerprint density at radius 2 is 2.16 bits per heavy atom. The number of aromatic amines is 1. The van der Waals surface area contributed by atoms with E-state index >= 15 is 0 Å². The summed E-state index contributed by atoms with van der Waals surface area (Å²) in [6.45, 7) is 1.85. The van der Waals surface area contributed by atoms with Crippen LogP contribution in [-0.4, -0.2) is 41.7 Å². The van der Waals surface area contributed by atoms with Crippen LogP contribution in [0.25, 0.3) is 22.6 Å². The van der Waals surface area contributed by atoms with Crippen LogP contribution in [0, 0.1) is 0 Å². The van der Waals surface area contributed by atoms with Gasteiger partial charge in [-0.15, -0.1) is 24.8 Å². The number of furan rings is 1. The van der Waals surface area contributed by atoms with Crippen molar-refractivity contribution in [1.82, 2.24) is 15.3 Å². The van der Waals surface area contributed by atoms with E-state index in [-0.39, 0.29) is 30.7 Å². The zero-order valence-electron chi connectivity index (χ0n) is 13.2. The predicted molar refractivity (Wildman–Crippen MR) is 99.5 cm³/mol. The van der Waals surface area contributed by atoms with Crippen LogP contribution >= 0.6 is 24.8 Å². The molecule has 1 saturated heterocycles. The third kappa shape index (κ3) is 4.13. The van der Waals surface area contributed by atoms with Crippen molar-refractivity contribution < 1.29 is 13.9 Å². The van der Waals surface area contributed by atoms with E-state index in [4.69, 9.17) is 9.15 Å². The van der Waals surface area contributed by atoms with Gasteiger partial charge in [0.1, 0.15) is 6.10 Å². The van der Waals surface area contributed by atoms with E-state index in [9.17, 15) is 4.79 Å². The lowest BCUT2D eigenvalue weighted by atomic mass is 10.2. The van der Waals surface area contributed by atoms with Gasteiger partial charge >= 0.3 is 0 Å². The third-order valence-corrected chi connectivity index (χ3v) is 3.72. The Labute approximate surface area is 156 Å². The summed E-state index contributed by atoms with van der Waals surface area (Å²) in [5.74, 6) is 1.18. The Morgan fingerprint density at radius 1 is 1.28 bits per heavy atom. The fourth-order valence-corrected chi connectivity index (χ4v) is 2.57. The maximum absolute atomic E-state index is 12.2. The summed E-state index contributed by atoms with van der Waals surface area (Å²) in [5, 5.41) is 6.01. The van der Waals surface area contributed by atoms with Crippen molar-refractivity contribution in [3.05, 3.63) is 36.6 Å². The number of hydrogen-bond acceptors (Lipinski definition) is 5. The molecule has 1 fully saturated rings. The number of aromatic nitrogens is 2. The molecule has 134 valence electrons. The molecule has 0 saturated carbocycles. The fourth-order valence-electron chi connectivity index (χ4n) is 2.57. The number of halogens is 2. The van der Waals surface area contributed by atoms with Crippen molar-refractivity contribution in [3.63, 3.8) is 0 Å². The summed E-state index contributed by atoms with van der Waals surface area (Å²) in [7, 11) is 0. The number of amides is 1. The predicted octanol–water partition coefficient (Wildman–Crippen LogP) is 2.59. The Bertz CT molecular complexity index is 829. The van der Waals surface area contributed by atoms with Crippen LogP contribution in [0.5, 0.6) is 0 Å². The molecule has 0 spiro atoms. The molecule has 3 aromatic rings. The van der Waals surface area contributed by atoms with E-state index in [2.05, 4.69) is 20.6 Å². The number of H-pyrrole nitrogens is 1. The summed E-state index contributed by atoms with van der Waals surface area (Å²) in [5.41, 5.74) is 2.34. The van der Waals surface area contributed by atoms with Crippen LogP contribution < -0.4 is 10.6 Å². The maximum atomic E-state index is 12.2. The lowest BCUT2D eigenvalue weighted by molar-refractivity contribution is -0.128. The molecular weight excluding hydrogens is 367 g/mol. The largest absolute Gasteiger partial charge is 0.461 e. The van der Waals surface area contributed by atoms with Gasteiger partial charge in [0, 0.05) is 18.8 Å². The van der Waals surface area contributed by atoms with Crippen molar-refractivity contribution in [2.24, 2.45) is 0 Å².